The molecule has 0 bridgehead atoms. The van der Waals surface area contributed by atoms with Crippen molar-refractivity contribution in [1.29, 1.82) is 0 Å². The lowest BCUT2D eigenvalue weighted by atomic mass is 10.2. The predicted molar refractivity (Wildman–Crippen MR) is 88.1 cm³/mol. The first kappa shape index (κ1) is 15.5. The zero-order valence-electron chi connectivity index (χ0n) is 12.6. The fraction of sp³-hybridized carbons (Fsp3) is 0.188. The summed E-state index contributed by atoms with van der Waals surface area (Å²) >= 11 is 5.43. The SMILES string of the molecule is CN(Cc1cccc(F)c1)Cn1nnn(-c2ccccc2)c1=S. The van der Waals surface area contributed by atoms with Crippen LogP contribution in [0.1, 0.15) is 5.56 Å². The van der Waals surface area contributed by atoms with E-state index in [2.05, 4.69) is 10.4 Å². The topological polar surface area (TPSA) is 38.9 Å². The lowest BCUT2D eigenvalue weighted by Gasteiger charge is -2.16. The van der Waals surface area contributed by atoms with Crippen molar-refractivity contribution in [2.75, 3.05) is 7.05 Å². The average molecular weight is 329 g/mol. The number of halogens is 1. The Morgan fingerprint density at radius 3 is 2.61 bits per heavy atom. The van der Waals surface area contributed by atoms with Crippen molar-refractivity contribution in [2.45, 2.75) is 13.2 Å². The molecule has 0 N–H and O–H groups in total. The van der Waals surface area contributed by atoms with Crippen LogP contribution in [0.2, 0.25) is 0 Å². The number of rotatable bonds is 5. The van der Waals surface area contributed by atoms with Crippen molar-refractivity contribution in [3.8, 4) is 5.69 Å². The Hall–Kier alpha value is -2.38. The number of aromatic nitrogens is 4. The van der Waals surface area contributed by atoms with Gasteiger partial charge in [0.05, 0.1) is 12.4 Å². The van der Waals surface area contributed by atoms with Gasteiger partial charge in [0.1, 0.15) is 5.82 Å². The molecule has 0 spiro atoms. The summed E-state index contributed by atoms with van der Waals surface area (Å²) in [5.74, 6) is -0.234. The van der Waals surface area contributed by atoms with E-state index in [0.717, 1.165) is 11.3 Å². The number of nitrogens with zero attached hydrogens (tertiary/aromatic N) is 5. The normalized spacial score (nSPS) is 11.1. The molecule has 0 saturated heterocycles. The van der Waals surface area contributed by atoms with Gasteiger partial charge in [-0.1, -0.05) is 30.3 Å². The van der Waals surface area contributed by atoms with Crippen LogP contribution in [0.3, 0.4) is 0 Å². The highest BCUT2D eigenvalue weighted by Crippen LogP contribution is 2.08. The van der Waals surface area contributed by atoms with Crippen molar-refractivity contribution < 1.29 is 4.39 Å². The summed E-state index contributed by atoms with van der Waals surface area (Å²) in [6, 6.07) is 16.2. The van der Waals surface area contributed by atoms with E-state index in [0.29, 0.717) is 18.0 Å². The summed E-state index contributed by atoms with van der Waals surface area (Å²) in [4.78, 5) is 1.99. The molecule has 2 aromatic carbocycles. The summed E-state index contributed by atoms with van der Waals surface area (Å²) in [7, 11) is 1.92. The van der Waals surface area contributed by atoms with E-state index in [9.17, 15) is 4.39 Å². The first-order valence-corrected chi connectivity index (χ1v) is 7.55. The van der Waals surface area contributed by atoms with Crippen LogP contribution in [0.25, 0.3) is 5.69 Å². The second-order valence-corrected chi connectivity index (χ2v) is 5.66. The smallest absolute Gasteiger partial charge is 0.221 e. The molecule has 1 heterocycles. The van der Waals surface area contributed by atoms with E-state index >= 15 is 0 Å². The molecule has 0 aliphatic carbocycles. The second kappa shape index (κ2) is 6.80. The van der Waals surface area contributed by atoms with Gasteiger partial charge in [0.15, 0.2) is 0 Å². The fourth-order valence-electron chi connectivity index (χ4n) is 2.32. The molecule has 5 nitrogen and oxygen atoms in total. The summed E-state index contributed by atoms with van der Waals surface area (Å²) in [5.41, 5.74) is 1.77. The summed E-state index contributed by atoms with van der Waals surface area (Å²) in [6.45, 7) is 1.07. The third kappa shape index (κ3) is 3.69. The molecule has 3 aromatic rings. The first-order valence-electron chi connectivity index (χ1n) is 7.15. The molecule has 23 heavy (non-hydrogen) atoms. The van der Waals surface area contributed by atoms with Gasteiger partial charge in [-0.2, -0.15) is 4.68 Å². The number of tetrazole rings is 1. The Balaban J connectivity index is 1.73. The van der Waals surface area contributed by atoms with E-state index in [-0.39, 0.29) is 5.82 Å². The van der Waals surface area contributed by atoms with Gasteiger partial charge in [0.2, 0.25) is 4.77 Å². The molecule has 0 saturated carbocycles. The highest BCUT2D eigenvalue weighted by molar-refractivity contribution is 7.71. The van der Waals surface area contributed by atoms with Gasteiger partial charge in [0, 0.05) is 6.54 Å². The molecule has 0 atom stereocenters. The third-order valence-corrected chi connectivity index (χ3v) is 3.74. The third-order valence-electron chi connectivity index (χ3n) is 3.36. The van der Waals surface area contributed by atoms with Crippen LogP contribution >= 0.6 is 12.2 Å². The summed E-state index contributed by atoms with van der Waals surface area (Å²) in [6.07, 6.45) is 0. The van der Waals surface area contributed by atoms with Gasteiger partial charge in [-0.05, 0) is 59.5 Å². The number of hydrogen-bond donors (Lipinski definition) is 0. The monoisotopic (exact) mass is 329 g/mol. The maximum absolute atomic E-state index is 13.2. The molecule has 3 rings (SSSR count). The molecule has 0 unspecified atom stereocenters. The number of hydrogen-bond acceptors (Lipinski definition) is 4. The Morgan fingerprint density at radius 1 is 1.09 bits per heavy atom. The molecular weight excluding hydrogens is 313 g/mol. The van der Waals surface area contributed by atoms with Gasteiger partial charge < -0.3 is 0 Å². The molecule has 1 aromatic heterocycles. The van der Waals surface area contributed by atoms with E-state index in [1.165, 1.54) is 12.1 Å². The molecule has 0 fully saturated rings. The van der Waals surface area contributed by atoms with Gasteiger partial charge >= 0.3 is 0 Å². The lowest BCUT2D eigenvalue weighted by Crippen LogP contribution is -2.22. The van der Waals surface area contributed by atoms with E-state index in [4.69, 9.17) is 12.2 Å². The summed E-state index contributed by atoms with van der Waals surface area (Å²) in [5, 5.41) is 8.20. The Bertz CT molecular complexity index is 843. The van der Waals surface area contributed by atoms with Crippen LogP contribution in [0, 0.1) is 10.6 Å². The minimum Gasteiger partial charge on any atom is -0.283 e. The molecule has 0 amide bonds. The van der Waals surface area contributed by atoms with E-state index in [1.807, 2.05) is 48.3 Å². The molecule has 0 aliphatic rings. The largest absolute Gasteiger partial charge is 0.283 e. The van der Waals surface area contributed by atoms with Crippen molar-refractivity contribution >= 4 is 12.2 Å². The minimum atomic E-state index is -0.234. The highest BCUT2D eigenvalue weighted by Gasteiger charge is 2.08. The first-order chi connectivity index (χ1) is 11.1. The zero-order valence-corrected chi connectivity index (χ0v) is 13.4. The Labute approximate surface area is 138 Å². The van der Waals surface area contributed by atoms with Crippen LogP contribution in [0.4, 0.5) is 4.39 Å². The van der Waals surface area contributed by atoms with Crippen molar-refractivity contribution in [1.82, 2.24) is 24.7 Å². The highest BCUT2D eigenvalue weighted by atomic mass is 32.1. The van der Waals surface area contributed by atoms with Crippen LogP contribution in [0.5, 0.6) is 0 Å². The quantitative estimate of drug-likeness (QED) is 0.675. The Morgan fingerprint density at radius 2 is 1.87 bits per heavy atom. The van der Waals surface area contributed by atoms with Crippen LogP contribution in [-0.2, 0) is 13.2 Å². The molecule has 7 heteroatoms. The van der Waals surface area contributed by atoms with Gasteiger partial charge in [0.25, 0.3) is 0 Å². The maximum Gasteiger partial charge on any atom is 0.221 e. The molecule has 0 aliphatic heterocycles. The van der Waals surface area contributed by atoms with Crippen molar-refractivity contribution in [3.63, 3.8) is 0 Å². The number of para-hydroxylation sites is 1. The van der Waals surface area contributed by atoms with Crippen LogP contribution in [-0.4, -0.2) is 31.7 Å². The summed E-state index contributed by atoms with van der Waals surface area (Å²) < 4.78 is 17.0. The second-order valence-electron chi connectivity index (χ2n) is 5.29. The molecular formula is C16H16FN5S. The van der Waals surface area contributed by atoms with E-state index in [1.54, 1.807) is 15.4 Å². The van der Waals surface area contributed by atoms with Gasteiger partial charge in [-0.3, -0.25) is 4.90 Å². The molecule has 118 valence electrons. The number of benzene rings is 2. The molecule has 0 radical (unpaired) electrons. The minimum absolute atomic E-state index is 0.234. The van der Waals surface area contributed by atoms with Crippen LogP contribution in [0.15, 0.2) is 54.6 Å². The van der Waals surface area contributed by atoms with Gasteiger partial charge in [-0.25, -0.2) is 9.07 Å². The fourth-order valence-corrected chi connectivity index (χ4v) is 2.56. The van der Waals surface area contributed by atoms with Crippen molar-refractivity contribution in [3.05, 3.63) is 70.7 Å². The zero-order chi connectivity index (χ0) is 16.2. The average Bonchev–Trinajstić information content (AvgIpc) is 2.89. The Kier molecular flexibility index (Phi) is 4.59. The van der Waals surface area contributed by atoms with Crippen LogP contribution < -0.4 is 0 Å². The predicted octanol–water partition coefficient (Wildman–Crippen LogP) is 3.03. The standard InChI is InChI=1S/C16H16FN5S/c1-20(11-13-6-5-7-14(17)10-13)12-21-16(23)22(19-18-21)15-8-3-2-4-9-15/h2-10H,11-12H2,1H3. The maximum atomic E-state index is 13.2. The van der Waals surface area contributed by atoms with Gasteiger partial charge in [-0.15, -0.1) is 0 Å². The van der Waals surface area contributed by atoms with Crippen molar-refractivity contribution in [2.24, 2.45) is 0 Å². The lowest BCUT2D eigenvalue weighted by molar-refractivity contribution is 0.241. The van der Waals surface area contributed by atoms with E-state index < -0.39 is 0 Å².